The number of hydrogen-bond donors (Lipinski definition) is 3. The van der Waals surface area contributed by atoms with Crippen molar-refractivity contribution in [1.82, 2.24) is 19.5 Å². The number of imidazole rings is 1. The van der Waals surface area contributed by atoms with Crippen molar-refractivity contribution in [2.75, 3.05) is 20.8 Å². The van der Waals surface area contributed by atoms with E-state index in [0.717, 1.165) is 0 Å². The van der Waals surface area contributed by atoms with Gasteiger partial charge in [0.05, 0.1) is 27.2 Å². The van der Waals surface area contributed by atoms with Gasteiger partial charge in [-0.25, -0.2) is 4.98 Å². The molecule has 0 bridgehead atoms. The van der Waals surface area contributed by atoms with Gasteiger partial charge in [0.15, 0.2) is 17.4 Å². The average Bonchev–Trinajstić information content (AvgIpc) is 3.08. The predicted molar refractivity (Wildman–Crippen MR) is 71.4 cm³/mol. The Balaban J connectivity index is 2.08. The summed E-state index contributed by atoms with van der Waals surface area (Å²) < 4.78 is 17.0. The molecular weight excluding hydrogens is 296 g/mol. The molecule has 3 rings (SSSR count). The number of rotatable bonds is 4. The maximum Gasteiger partial charge on any atom is 0.321 e. The van der Waals surface area contributed by atoms with E-state index >= 15 is 0 Å². The molecule has 0 spiro atoms. The minimum absolute atomic E-state index is 0.0674. The molecule has 3 heterocycles. The maximum absolute atomic E-state index is 10.1. The van der Waals surface area contributed by atoms with Crippen LogP contribution in [0.5, 0.6) is 11.9 Å². The van der Waals surface area contributed by atoms with Gasteiger partial charge >= 0.3 is 6.01 Å². The summed E-state index contributed by atoms with van der Waals surface area (Å²) >= 11 is 0. The van der Waals surface area contributed by atoms with Crippen LogP contribution in [-0.2, 0) is 4.74 Å². The van der Waals surface area contributed by atoms with Crippen LogP contribution in [0, 0.1) is 0 Å². The second-order valence-electron chi connectivity index (χ2n) is 4.77. The highest BCUT2D eigenvalue weighted by Gasteiger charge is 2.44. The first-order valence-electron chi connectivity index (χ1n) is 6.55. The van der Waals surface area contributed by atoms with Gasteiger partial charge in [-0.1, -0.05) is 0 Å². The highest BCUT2D eigenvalue weighted by atomic mass is 16.6. The fourth-order valence-corrected chi connectivity index (χ4v) is 2.40. The Bertz CT molecular complexity index is 677. The number of aliphatic hydroxyl groups excluding tert-OH is 3. The number of nitrogens with zero attached hydrogens (tertiary/aromatic N) is 4. The Morgan fingerprint density at radius 1 is 1.23 bits per heavy atom. The molecule has 0 aliphatic carbocycles. The molecule has 1 unspecified atom stereocenters. The van der Waals surface area contributed by atoms with Crippen LogP contribution in [0.4, 0.5) is 0 Å². The Morgan fingerprint density at radius 2 is 2.00 bits per heavy atom. The van der Waals surface area contributed by atoms with E-state index in [1.54, 1.807) is 0 Å². The van der Waals surface area contributed by atoms with Crippen molar-refractivity contribution in [3.05, 3.63) is 6.33 Å². The molecule has 22 heavy (non-hydrogen) atoms. The number of methoxy groups -OCH3 is 2. The topological polar surface area (TPSA) is 132 Å². The molecule has 2 aromatic rings. The van der Waals surface area contributed by atoms with E-state index < -0.39 is 31.1 Å². The van der Waals surface area contributed by atoms with E-state index in [2.05, 4.69) is 15.0 Å². The van der Waals surface area contributed by atoms with Crippen LogP contribution in [0.3, 0.4) is 0 Å². The Labute approximate surface area is 124 Å². The van der Waals surface area contributed by atoms with Crippen molar-refractivity contribution >= 4 is 11.2 Å². The van der Waals surface area contributed by atoms with Gasteiger partial charge in [0.1, 0.15) is 18.3 Å². The fraction of sp³-hybridized carbons (Fsp3) is 0.583. The minimum atomic E-state index is -1.23. The molecule has 1 saturated heterocycles. The Hall–Kier alpha value is -2.01. The lowest BCUT2D eigenvalue weighted by atomic mass is 10.1. The van der Waals surface area contributed by atoms with Gasteiger partial charge < -0.3 is 29.5 Å². The minimum Gasteiger partial charge on any atom is -0.479 e. The van der Waals surface area contributed by atoms with Crippen LogP contribution in [0.25, 0.3) is 11.2 Å². The summed E-state index contributed by atoms with van der Waals surface area (Å²) in [5, 5.41) is 29.1. The first-order valence-corrected chi connectivity index (χ1v) is 6.55. The lowest BCUT2D eigenvalue weighted by Crippen LogP contribution is -2.33. The number of hydrogen-bond acceptors (Lipinski definition) is 9. The largest absolute Gasteiger partial charge is 0.479 e. The molecule has 1 aliphatic rings. The van der Waals surface area contributed by atoms with Gasteiger partial charge in [0.2, 0.25) is 5.88 Å². The van der Waals surface area contributed by atoms with Crippen molar-refractivity contribution in [2.45, 2.75) is 24.5 Å². The number of aromatic nitrogens is 4. The van der Waals surface area contributed by atoms with Gasteiger partial charge in [0.25, 0.3) is 0 Å². The van der Waals surface area contributed by atoms with Crippen molar-refractivity contribution in [2.24, 2.45) is 0 Å². The molecule has 4 atom stereocenters. The van der Waals surface area contributed by atoms with Gasteiger partial charge in [-0.3, -0.25) is 4.57 Å². The highest BCUT2D eigenvalue weighted by molar-refractivity contribution is 5.76. The smallest absolute Gasteiger partial charge is 0.321 e. The van der Waals surface area contributed by atoms with Gasteiger partial charge in [-0.05, 0) is 0 Å². The lowest BCUT2D eigenvalue weighted by Gasteiger charge is -2.16. The molecule has 2 aromatic heterocycles. The van der Waals surface area contributed by atoms with Crippen LogP contribution < -0.4 is 9.47 Å². The third-order valence-corrected chi connectivity index (χ3v) is 3.54. The SMILES string of the molecule is COc1nc(OC)c2ncn([C@@H]3O[C@H](CO)[C@H](O)C3O)c2n1. The van der Waals surface area contributed by atoms with Crippen molar-refractivity contribution in [1.29, 1.82) is 0 Å². The Morgan fingerprint density at radius 3 is 2.59 bits per heavy atom. The average molecular weight is 312 g/mol. The molecule has 10 heteroatoms. The molecule has 1 aliphatic heterocycles. The van der Waals surface area contributed by atoms with Gasteiger partial charge in [-0.15, -0.1) is 0 Å². The normalized spacial score (nSPS) is 28.2. The van der Waals surface area contributed by atoms with Crippen molar-refractivity contribution in [3.8, 4) is 11.9 Å². The van der Waals surface area contributed by atoms with Crippen LogP contribution >= 0.6 is 0 Å². The van der Waals surface area contributed by atoms with Crippen LogP contribution in [0.15, 0.2) is 6.33 Å². The zero-order valence-electron chi connectivity index (χ0n) is 11.9. The van der Waals surface area contributed by atoms with E-state index in [4.69, 9.17) is 19.3 Å². The molecular formula is C12H16N4O6. The number of aliphatic hydroxyl groups is 3. The molecule has 0 saturated carbocycles. The second-order valence-corrected chi connectivity index (χ2v) is 4.77. The molecule has 0 amide bonds. The van der Waals surface area contributed by atoms with Crippen LogP contribution in [-0.4, -0.2) is 74.0 Å². The summed E-state index contributed by atoms with van der Waals surface area (Å²) in [5.41, 5.74) is 0.680. The molecule has 10 nitrogen and oxygen atoms in total. The zero-order chi connectivity index (χ0) is 15.9. The molecule has 0 radical (unpaired) electrons. The fourth-order valence-electron chi connectivity index (χ4n) is 2.40. The summed E-state index contributed by atoms with van der Waals surface area (Å²) in [5.74, 6) is 0.215. The van der Waals surface area contributed by atoms with E-state index in [1.807, 2.05) is 0 Å². The van der Waals surface area contributed by atoms with Crippen LogP contribution in [0.1, 0.15) is 6.23 Å². The third kappa shape index (κ3) is 2.16. The van der Waals surface area contributed by atoms with Crippen molar-refractivity contribution in [3.63, 3.8) is 0 Å². The maximum atomic E-state index is 10.1. The van der Waals surface area contributed by atoms with Gasteiger partial charge in [-0.2, -0.15) is 9.97 Å². The van der Waals surface area contributed by atoms with Gasteiger partial charge in [0, 0.05) is 0 Å². The molecule has 0 aromatic carbocycles. The predicted octanol–water partition coefficient (Wildman–Crippen LogP) is -1.55. The monoisotopic (exact) mass is 312 g/mol. The highest BCUT2D eigenvalue weighted by Crippen LogP contribution is 2.33. The van der Waals surface area contributed by atoms with Crippen molar-refractivity contribution < 1.29 is 29.5 Å². The number of ether oxygens (including phenoxy) is 3. The summed E-state index contributed by atoms with van der Waals surface area (Å²) in [6.07, 6.45) is -2.88. The third-order valence-electron chi connectivity index (χ3n) is 3.54. The lowest BCUT2D eigenvalue weighted by molar-refractivity contribution is -0.0511. The first kappa shape index (κ1) is 14.9. The first-order chi connectivity index (χ1) is 10.6. The van der Waals surface area contributed by atoms with Crippen LogP contribution in [0.2, 0.25) is 0 Å². The summed E-state index contributed by atoms with van der Waals surface area (Å²) in [6, 6.07) is 0.0674. The second kappa shape index (κ2) is 5.65. The Kier molecular flexibility index (Phi) is 3.83. The molecule has 1 fully saturated rings. The van der Waals surface area contributed by atoms with E-state index in [1.165, 1.54) is 25.1 Å². The number of fused-ring (bicyclic) bond motifs is 1. The quantitative estimate of drug-likeness (QED) is 0.614. The standard InChI is InChI=1S/C12H16N4O6/c1-20-10-6-9(14-12(15-10)21-2)16(4-13-6)11-8(19)7(18)5(3-17)22-11/h4-5,7-8,11,17-19H,3H2,1-2H3/t5-,7+,8?,11-/m1/s1. The summed E-state index contributed by atoms with van der Waals surface area (Å²) in [6.45, 7) is -0.414. The molecule has 3 N–H and O–H groups in total. The van der Waals surface area contributed by atoms with E-state index in [9.17, 15) is 10.2 Å². The zero-order valence-corrected chi connectivity index (χ0v) is 11.9. The van der Waals surface area contributed by atoms with E-state index in [0.29, 0.717) is 11.2 Å². The summed E-state index contributed by atoms with van der Waals surface area (Å²) in [4.78, 5) is 12.3. The molecule has 120 valence electrons. The summed E-state index contributed by atoms with van der Waals surface area (Å²) in [7, 11) is 2.85. The van der Waals surface area contributed by atoms with E-state index in [-0.39, 0.29) is 11.9 Å².